The number of pyridine rings is 5. The first kappa shape index (κ1) is 67.9. The van der Waals surface area contributed by atoms with E-state index < -0.39 is 23.2 Å². The zero-order chi connectivity index (χ0) is 71.2. The second-order valence-corrected chi connectivity index (χ2v) is 24.8. The van der Waals surface area contributed by atoms with Crippen LogP contribution in [0.4, 0.5) is 30.2 Å². The zero-order valence-corrected chi connectivity index (χ0v) is 56.6. The van der Waals surface area contributed by atoms with E-state index in [-0.39, 0.29) is 18.4 Å². The SMILES string of the molecule is Cc1ccc(NC(=O)c2cc(-c3cccn4c(-c5ccccc5)cnc34)ccc2C)cc1.Cc1ccc(NC(=O)c2cc(-c3cccn4c(-c5cccnc5)c(C)nc34)ccc2C(F)(F)F)cc1.Cc1ccc(NC(=O)c2cc(-c3cccn4c(-c5cccnc5)c(CO)nc34)ccc2Cl)cc1. The molecule has 102 heavy (non-hydrogen) atoms. The van der Waals surface area contributed by atoms with Gasteiger partial charge in [0, 0.05) is 99.4 Å². The highest BCUT2D eigenvalue weighted by molar-refractivity contribution is 6.34. The van der Waals surface area contributed by atoms with E-state index in [9.17, 15) is 32.7 Å². The number of benzene rings is 7. The molecule has 0 aliphatic heterocycles. The predicted molar refractivity (Wildman–Crippen MR) is 397 cm³/mol. The molecule has 7 aromatic carbocycles. The van der Waals surface area contributed by atoms with E-state index in [1.54, 1.807) is 73.3 Å². The van der Waals surface area contributed by atoms with Crippen LogP contribution in [0, 0.1) is 34.6 Å². The van der Waals surface area contributed by atoms with Gasteiger partial charge in [-0.2, -0.15) is 13.2 Å². The number of carbonyl (C=O) groups is 3. The van der Waals surface area contributed by atoms with Crippen LogP contribution in [0.2, 0.25) is 5.02 Å². The topological polar surface area (TPSA) is 185 Å². The Morgan fingerprint density at radius 3 is 1.42 bits per heavy atom. The molecule has 0 unspecified atom stereocenters. The van der Waals surface area contributed by atoms with Gasteiger partial charge in [-0.05, 0) is 184 Å². The van der Waals surface area contributed by atoms with E-state index in [1.807, 2.05) is 208 Å². The number of alkyl halides is 3. The van der Waals surface area contributed by atoms with Crippen LogP contribution in [0.3, 0.4) is 0 Å². The Morgan fingerprint density at radius 1 is 0.441 bits per heavy atom. The number of anilines is 3. The lowest BCUT2D eigenvalue weighted by Gasteiger charge is -2.15. The summed E-state index contributed by atoms with van der Waals surface area (Å²) in [5.41, 5.74) is 19.1. The molecule has 0 fully saturated rings. The summed E-state index contributed by atoms with van der Waals surface area (Å²) < 4.78 is 47.4. The van der Waals surface area contributed by atoms with Gasteiger partial charge in [-0.15, -0.1) is 0 Å². The zero-order valence-electron chi connectivity index (χ0n) is 55.9. The molecule has 0 spiro atoms. The van der Waals surface area contributed by atoms with Gasteiger partial charge in [0.05, 0.1) is 63.0 Å². The lowest BCUT2D eigenvalue weighted by molar-refractivity contribution is -0.137. The van der Waals surface area contributed by atoms with Gasteiger partial charge in [0.1, 0.15) is 16.9 Å². The molecule has 0 aliphatic rings. The lowest BCUT2D eigenvalue weighted by atomic mass is 9.98. The maximum absolute atomic E-state index is 13.8. The molecule has 0 saturated heterocycles. The molecule has 15 aromatic rings. The Morgan fingerprint density at radius 2 is 0.892 bits per heavy atom. The minimum Gasteiger partial charge on any atom is -0.390 e. The highest BCUT2D eigenvalue weighted by Crippen LogP contribution is 2.39. The number of rotatable bonds is 13. The average molecular weight is 1370 g/mol. The van der Waals surface area contributed by atoms with Crippen molar-refractivity contribution < 1.29 is 32.7 Å². The molecule has 15 rings (SSSR count). The van der Waals surface area contributed by atoms with Crippen molar-refractivity contribution in [1.29, 1.82) is 0 Å². The predicted octanol–water partition coefficient (Wildman–Crippen LogP) is 19.3. The number of hydrogen-bond acceptors (Lipinski definition) is 9. The molecular formula is C83H65ClF3N11O4. The molecule has 0 radical (unpaired) electrons. The Bertz CT molecular complexity index is 5590. The lowest BCUT2D eigenvalue weighted by Crippen LogP contribution is -2.19. The summed E-state index contributed by atoms with van der Waals surface area (Å²) in [6.45, 7) is 9.51. The summed E-state index contributed by atoms with van der Waals surface area (Å²) in [7, 11) is 0. The number of nitrogens with one attached hydrogen (secondary N) is 3. The van der Waals surface area contributed by atoms with Crippen molar-refractivity contribution in [3.8, 4) is 67.2 Å². The number of hydrogen-bond donors (Lipinski definition) is 4. The van der Waals surface area contributed by atoms with Gasteiger partial charge >= 0.3 is 6.18 Å². The number of halogens is 4. The van der Waals surface area contributed by atoms with Gasteiger partial charge in [-0.3, -0.25) is 37.6 Å². The monoisotopic (exact) mass is 1370 g/mol. The van der Waals surface area contributed by atoms with Crippen LogP contribution < -0.4 is 16.0 Å². The van der Waals surface area contributed by atoms with Crippen molar-refractivity contribution in [2.45, 2.75) is 47.4 Å². The van der Waals surface area contributed by atoms with E-state index >= 15 is 0 Å². The third-order valence-corrected chi connectivity index (χ3v) is 17.6. The minimum atomic E-state index is -4.69. The quantitative estimate of drug-likeness (QED) is 0.0872. The summed E-state index contributed by atoms with van der Waals surface area (Å²) in [6.07, 6.45) is 9.82. The Balaban J connectivity index is 0.000000137. The maximum atomic E-state index is 13.8. The van der Waals surface area contributed by atoms with Gasteiger partial charge in [-0.25, -0.2) is 15.0 Å². The number of aryl methyl sites for hydroxylation is 5. The number of imidazole rings is 3. The molecule has 8 aromatic heterocycles. The number of nitrogens with zero attached hydrogens (tertiary/aromatic N) is 8. The van der Waals surface area contributed by atoms with Crippen LogP contribution in [0.15, 0.2) is 268 Å². The van der Waals surface area contributed by atoms with Crippen LogP contribution in [-0.4, -0.2) is 61.0 Å². The Hall–Kier alpha value is -12.6. The highest BCUT2D eigenvalue weighted by atomic mass is 35.5. The second kappa shape index (κ2) is 29.4. The fourth-order valence-corrected chi connectivity index (χ4v) is 12.3. The van der Waals surface area contributed by atoms with Crippen LogP contribution in [0.25, 0.3) is 84.1 Å². The number of amides is 3. The number of fused-ring (bicyclic) bond motifs is 3. The molecule has 8 heterocycles. The Labute approximate surface area is 590 Å². The number of aliphatic hydroxyl groups is 1. The minimum absolute atomic E-state index is 0.117. The highest BCUT2D eigenvalue weighted by Gasteiger charge is 2.36. The third kappa shape index (κ3) is 14.6. The van der Waals surface area contributed by atoms with Crippen molar-refractivity contribution in [2.24, 2.45) is 0 Å². The molecular weight excluding hydrogens is 1310 g/mol. The molecule has 0 bridgehead atoms. The van der Waals surface area contributed by atoms with Crippen LogP contribution in [0.1, 0.15) is 70.3 Å². The molecule has 19 heteroatoms. The standard InChI is InChI=1S/C28H21F3N4O.C28H23N3O.C27H21ClN4O2/c1-17-7-10-21(11-8-17)34-27(36)23-15-19(9-12-24(23)28(29,30)31)22-6-4-14-35-25(18(2)33-26(22)35)20-5-3-13-32-16-20;1-19-10-14-23(15-11-19)30-28(32)25-17-22(13-12-20(25)2)24-9-6-16-31-26(18-29-27(24)31)21-7-4-3-5-8-21;1-17-6-9-20(10-7-17)30-27(34)22-14-18(8-11-23(22)28)21-5-3-13-32-25(19-4-2-12-29-15-19)24(16-33)31-26(21)32/h3-16H,1-2H3,(H,34,36);3-18H,1-2H3,(H,30,32);2-15,33H,16H2,1H3,(H,30,34). The van der Waals surface area contributed by atoms with Crippen molar-refractivity contribution in [3.63, 3.8) is 0 Å². The van der Waals surface area contributed by atoms with Crippen molar-refractivity contribution >= 4 is 63.3 Å². The fourth-order valence-electron chi connectivity index (χ4n) is 12.1. The molecule has 4 N–H and O–H groups in total. The summed E-state index contributed by atoms with van der Waals surface area (Å²) in [5.74, 6) is -1.25. The van der Waals surface area contributed by atoms with Crippen molar-refractivity contribution in [3.05, 3.63) is 329 Å². The van der Waals surface area contributed by atoms with E-state index in [4.69, 9.17) is 26.6 Å². The first-order valence-electron chi connectivity index (χ1n) is 32.5. The van der Waals surface area contributed by atoms with Crippen LogP contribution in [0.5, 0.6) is 0 Å². The van der Waals surface area contributed by atoms with Gasteiger partial charge in [0.2, 0.25) is 0 Å². The second-order valence-electron chi connectivity index (χ2n) is 24.4. The summed E-state index contributed by atoms with van der Waals surface area (Å²) in [6, 6.07) is 66.4. The summed E-state index contributed by atoms with van der Waals surface area (Å²) in [4.78, 5) is 61.5. The van der Waals surface area contributed by atoms with Crippen molar-refractivity contribution in [1.82, 2.24) is 38.1 Å². The van der Waals surface area contributed by atoms with E-state index in [1.165, 1.54) is 12.1 Å². The molecule has 0 saturated carbocycles. The summed E-state index contributed by atoms with van der Waals surface area (Å²) >= 11 is 6.40. The largest absolute Gasteiger partial charge is 0.417 e. The molecule has 0 aliphatic carbocycles. The first-order chi connectivity index (χ1) is 49.4. The summed E-state index contributed by atoms with van der Waals surface area (Å²) in [5, 5.41) is 18.8. The van der Waals surface area contributed by atoms with Crippen molar-refractivity contribution in [2.75, 3.05) is 16.0 Å². The van der Waals surface area contributed by atoms with Gasteiger partial charge in [0.15, 0.2) is 0 Å². The first-order valence-corrected chi connectivity index (χ1v) is 32.9. The maximum Gasteiger partial charge on any atom is 0.417 e. The molecule has 0 atom stereocenters. The average Bonchev–Trinajstić information content (AvgIpc) is 1.59. The molecule has 3 amide bonds. The number of carbonyl (C=O) groups excluding carboxylic acids is 3. The van der Waals surface area contributed by atoms with Crippen LogP contribution >= 0.6 is 11.6 Å². The Kier molecular flexibility index (Phi) is 19.6. The normalized spacial score (nSPS) is 11.2. The van der Waals surface area contributed by atoms with E-state index in [0.717, 1.165) is 101 Å². The smallest absolute Gasteiger partial charge is 0.390 e. The molecule has 504 valence electrons. The van der Waals surface area contributed by atoms with E-state index in [2.05, 4.69) is 42.5 Å². The molecule has 15 nitrogen and oxygen atoms in total. The number of aromatic nitrogens is 8. The fraction of sp³-hybridized carbons (Fsp3) is 0.0843. The third-order valence-electron chi connectivity index (χ3n) is 17.3. The van der Waals surface area contributed by atoms with E-state index in [0.29, 0.717) is 55.6 Å². The van der Waals surface area contributed by atoms with Gasteiger partial charge in [0.25, 0.3) is 17.7 Å². The van der Waals surface area contributed by atoms with Gasteiger partial charge in [-0.1, -0.05) is 119 Å². The van der Waals surface area contributed by atoms with Crippen LogP contribution in [-0.2, 0) is 12.8 Å². The number of aliphatic hydroxyl groups excluding tert-OH is 1. The van der Waals surface area contributed by atoms with Gasteiger partial charge < -0.3 is 21.1 Å².